The summed E-state index contributed by atoms with van der Waals surface area (Å²) in [6, 6.07) is 20.0. The summed E-state index contributed by atoms with van der Waals surface area (Å²) < 4.78 is 20.0. The third-order valence-corrected chi connectivity index (χ3v) is 6.77. The molecule has 1 N–H and O–H groups in total. The molecule has 1 aliphatic rings. The molecule has 0 bridgehead atoms. The van der Waals surface area contributed by atoms with Gasteiger partial charge in [0, 0.05) is 31.5 Å². The summed E-state index contributed by atoms with van der Waals surface area (Å²) in [6.07, 6.45) is 1.20. The number of carbonyl (C=O) groups excluding carboxylic acids is 1. The molecule has 0 radical (unpaired) electrons. The number of benzene rings is 3. The number of hydrogen-bond donors (Lipinski definition) is 1. The van der Waals surface area contributed by atoms with Gasteiger partial charge in [-0.15, -0.1) is 0 Å². The fourth-order valence-electron chi connectivity index (χ4n) is 4.83. The number of carbonyl (C=O) groups is 2. The molecule has 0 aromatic heterocycles. The smallest absolute Gasteiger partial charge is 0.305 e. The molecule has 0 saturated heterocycles. The van der Waals surface area contributed by atoms with E-state index in [0.717, 1.165) is 17.7 Å². The Morgan fingerprint density at radius 2 is 1.76 bits per heavy atom. The van der Waals surface area contributed by atoms with Crippen molar-refractivity contribution in [2.24, 2.45) is 0 Å². The molecule has 0 fully saturated rings. The lowest BCUT2D eigenvalue weighted by Gasteiger charge is -2.25. The van der Waals surface area contributed by atoms with E-state index in [-0.39, 0.29) is 30.8 Å². The van der Waals surface area contributed by atoms with Gasteiger partial charge in [0.25, 0.3) is 5.91 Å². The molecule has 3 aromatic carbocycles. The van der Waals surface area contributed by atoms with Gasteiger partial charge < -0.3 is 14.7 Å². The zero-order valence-corrected chi connectivity index (χ0v) is 21.9. The minimum atomic E-state index is -0.995. The van der Waals surface area contributed by atoms with Crippen LogP contribution in [0.1, 0.15) is 66.7 Å². The van der Waals surface area contributed by atoms with Crippen molar-refractivity contribution in [3.63, 3.8) is 0 Å². The van der Waals surface area contributed by atoms with E-state index in [4.69, 9.17) is 4.74 Å². The minimum absolute atomic E-state index is 0.0283. The number of carboxylic acids is 1. The molecule has 0 spiro atoms. The first-order valence-corrected chi connectivity index (χ1v) is 12.6. The van der Waals surface area contributed by atoms with Gasteiger partial charge in [0.15, 0.2) is 0 Å². The molecule has 194 valence electrons. The van der Waals surface area contributed by atoms with Crippen LogP contribution >= 0.6 is 0 Å². The number of rotatable bonds is 8. The van der Waals surface area contributed by atoms with Crippen molar-refractivity contribution in [1.82, 2.24) is 4.90 Å². The molecular formula is C31H34FNO4. The van der Waals surface area contributed by atoms with Crippen molar-refractivity contribution in [2.45, 2.75) is 64.5 Å². The lowest BCUT2D eigenvalue weighted by molar-refractivity contribution is -0.137. The maximum absolute atomic E-state index is 13.7. The van der Waals surface area contributed by atoms with E-state index in [1.165, 1.54) is 28.2 Å². The SMILES string of the molecule is CC(C)(C)c1ccc(C[C@]2(C)Cc3cc(C(=O)N(CCC(=O)O)Cc4cccc(F)c4)ccc3O2)cc1. The fourth-order valence-corrected chi connectivity index (χ4v) is 4.83. The molecule has 1 heterocycles. The number of carboxylic acid groups (broad SMARTS) is 1. The van der Waals surface area contributed by atoms with E-state index < -0.39 is 17.4 Å². The van der Waals surface area contributed by atoms with Gasteiger partial charge in [0.05, 0.1) is 6.42 Å². The summed E-state index contributed by atoms with van der Waals surface area (Å²) in [5.41, 5.74) is 4.15. The Bertz CT molecular complexity index is 1300. The highest BCUT2D eigenvalue weighted by Crippen LogP contribution is 2.38. The largest absolute Gasteiger partial charge is 0.487 e. The summed E-state index contributed by atoms with van der Waals surface area (Å²) in [6.45, 7) is 8.81. The van der Waals surface area contributed by atoms with E-state index in [0.29, 0.717) is 17.5 Å². The number of fused-ring (bicyclic) bond motifs is 1. The van der Waals surface area contributed by atoms with Crippen LogP contribution < -0.4 is 4.74 Å². The fraction of sp³-hybridized carbons (Fsp3) is 0.355. The quantitative estimate of drug-likeness (QED) is 0.399. The summed E-state index contributed by atoms with van der Waals surface area (Å²) in [4.78, 5) is 26.1. The summed E-state index contributed by atoms with van der Waals surface area (Å²) in [5, 5.41) is 9.17. The summed E-state index contributed by atoms with van der Waals surface area (Å²) in [7, 11) is 0. The Hall–Kier alpha value is -3.67. The normalized spacial score (nSPS) is 16.7. The molecule has 0 aliphatic carbocycles. The standard InChI is InChI=1S/C31H34FNO4/c1-30(2,3)25-11-8-21(9-12-25)18-31(4)19-24-17-23(10-13-27(24)37-31)29(36)33(15-14-28(34)35)20-22-6-5-7-26(32)16-22/h5-13,16-17H,14-15,18-20H2,1-4H3,(H,34,35)/t31-/m1/s1. The number of amides is 1. The number of halogens is 1. The molecular weight excluding hydrogens is 469 g/mol. The molecule has 5 nitrogen and oxygen atoms in total. The Morgan fingerprint density at radius 3 is 2.41 bits per heavy atom. The summed E-state index contributed by atoms with van der Waals surface area (Å²) in [5.74, 6) is -0.928. The van der Waals surface area contributed by atoms with Crippen molar-refractivity contribution < 1.29 is 23.8 Å². The van der Waals surface area contributed by atoms with Gasteiger partial charge in [-0.2, -0.15) is 0 Å². The van der Waals surface area contributed by atoms with Gasteiger partial charge in [-0.3, -0.25) is 9.59 Å². The lowest BCUT2D eigenvalue weighted by atomic mass is 9.85. The second kappa shape index (κ2) is 10.4. The first kappa shape index (κ1) is 26.4. The van der Waals surface area contributed by atoms with Gasteiger partial charge in [0.2, 0.25) is 0 Å². The second-order valence-electron chi connectivity index (χ2n) is 11.2. The Kier molecular flexibility index (Phi) is 7.39. The zero-order chi connectivity index (χ0) is 26.8. The molecule has 0 saturated carbocycles. The van der Waals surface area contributed by atoms with Crippen LogP contribution in [-0.4, -0.2) is 34.0 Å². The highest BCUT2D eigenvalue weighted by molar-refractivity contribution is 5.95. The molecule has 3 aromatic rings. The number of ether oxygens (including phenoxy) is 1. The van der Waals surface area contributed by atoms with Gasteiger partial charge in [-0.05, 0) is 64.9 Å². The van der Waals surface area contributed by atoms with Crippen LogP contribution in [-0.2, 0) is 29.6 Å². The third-order valence-electron chi connectivity index (χ3n) is 6.77. The molecule has 1 atom stereocenters. The molecule has 6 heteroatoms. The van der Waals surface area contributed by atoms with Gasteiger partial charge in [0.1, 0.15) is 17.2 Å². The Labute approximate surface area is 217 Å². The van der Waals surface area contributed by atoms with Crippen molar-refractivity contribution in [3.05, 3.63) is 100 Å². The summed E-state index contributed by atoms with van der Waals surface area (Å²) >= 11 is 0. The van der Waals surface area contributed by atoms with Gasteiger partial charge >= 0.3 is 5.97 Å². The Morgan fingerprint density at radius 1 is 1.03 bits per heavy atom. The molecule has 37 heavy (non-hydrogen) atoms. The van der Waals surface area contributed by atoms with Crippen LogP contribution in [0.15, 0.2) is 66.7 Å². The van der Waals surface area contributed by atoms with Crippen LogP contribution in [0.4, 0.5) is 4.39 Å². The monoisotopic (exact) mass is 503 g/mol. The van der Waals surface area contributed by atoms with Crippen molar-refractivity contribution in [1.29, 1.82) is 0 Å². The number of nitrogens with zero attached hydrogens (tertiary/aromatic N) is 1. The molecule has 1 aliphatic heterocycles. The zero-order valence-electron chi connectivity index (χ0n) is 21.9. The maximum Gasteiger partial charge on any atom is 0.305 e. The molecule has 1 amide bonds. The molecule has 0 unspecified atom stereocenters. The number of aliphatic carboxylic acids is 1. The maximum atomic E-state index is 13.7. The van der Waals surface area contributed by atoms with E-state index in [1.807, 2.05) is 12.1 Å². The van der Waals surface area contributed by atoms with E-state index in [9.17, 15) is 19.1 Å². The third kappa shape index (κ3) is 6.56. The minimum Gasteiger partial charge on any atom is -0.487 e. The van der Waals surface area contributed by atoms with E-state index in [1.54, 1.807) is 18.2 Å². The van der Waals surface area contributed by atoms with Gasteiger partial charge in [-0.25, -0.2) is 4.39 Å². The van der Waals surface area contributed by atoms with E-state index in [2.05, 4.69) is 52.0 Å². The van der Waals surface area contributed by atoms with Crippen molar-refractivity contribution in [2.75, 3.05) is 6.54 Å². The van der Waals surface area contributed by atoms with Crippen molar-refractivity contribution >= 4 is 11.9 Å². The van der Waals surface area contributed by atoms with E-state index >= 15 is 0 Å². The van der Waals surface area contributed by atoms with Crippen LogP contribution in [0.2, 0.25) is 0 Å². The van der Waals surface area contributed by atoms with Crippen molar-refractivity contribution in [3.8, 4) is 5.75 Å². The molecule has 4 rings (SSSR count). The first-order valence-electron chi connectivity index (χ1n) is 12.6. The highest BCUT2D eigenvalue weighted by atomic mass is 19.1. The highest BCUT2D eigenvalue weighted by Gasteiger charge is 2.35. The predicted molar refractivity (Wildman–Crippen MR) is 141 cm³/mol. The average Bonchev–Trinajstić information content (AvgIpc) is 3.15. The lowest BCUT2D eigenvalue weighted by Crippen LogP contribution is -2.33. The van der Waals surface area contributed by atoms with Crippen LogP contribution in [0.5, 0.6) is 5.75 Å². The first-order chi connectivity index (χ1) is 17.4. The van der Waals surface area contributed by atoms with Gasteiger partial charge in [-0.1, -0.05) is 57.2 Å². The average molecular weight is 504 g/mol. The van der Waals surface area contributed by atoms with Crippen LogP contribution in [0, 0.1) is 5.82 Å². The Balaban J connectivity index is 1.50. The second-order valence-corrected chi connectivity index (χ2v) is 11.2. The van der Waals surface area contributed by atoms with Crippen LogP contribution in [0.25, 0.3) is 0 Å². The predicted octanol–water partition coefficient (Wildman–Crippen LogP) is 6.18. The number of hydrogen-bond acceptors (Lipinski definition) is 3. The topological polar surface area (TPSA) is 66.8 Å². The van der Waals surface area contributed by atoms with Crippen LogP contribution in [0.3, 0.4) is 0 Å².